The minimum absolute atomic E-state index is 0. The summed E-state index contributed by atoms with van der Waals surface area (Å²) in [6.45, 7) is -0.662. The minimum Gasteiger partial charge on any atom is -0.381 e. The summed E-state index contributed by atoms with van der Waals surface area (Å²) in [6, 6.07) is 4.86. The van der Waals surface area contributed by atoms with Gasteiger partial charge in [0.25, 0.3) is 0 Å². The van der Waals surface area contributed by atoms with Gasteiger partial charge in [0.15, 0.2) is 0 Å². The molecule has 0 saturated carbocycles. The van der Waals surface area contributed by atoms with E-state index in [1.807, 2.05) is 0 Å². The van der Waals surface area contributed by atoms with Crippen LogP contribution in [0.2, 0.25) is 0 Å². The SMILES string of the molecule is Cl.NCC1(C(=O)Nc2ccc(S(=O)(=O)NCC(F)(F)F)cc2)CCOCC1. The van der Waals surface area contributed by atoms with Gasteiger partial charge in [-0.2, -0.15) is 13.2 Å². The van der Waals surface area contributed by atoms with Crippen molar-refractivity contribution in [3.05, 3.63) is 24.3 Å². The number of carbonyl (C=O) groups excluding carboxylic acids is 1. The van der Waals surface area contributed by atoms with Crippen LogP contribution < -0.4 is 15.8 Å². The van der Waals surface area contributed by atoms with Crippen LogP contribution in [0.3, 0.4) is 0 Å². The summed E-state index contributed by atoms with van der Waals surface area (Å²) in [6.07, 6.45) is -3.70. The Kier molecular flexibility index (Phi) is 8.05. The largest absolute Gasteiger partial charge is 0.402 e. The van der Waals surface area contributed by atoms with Crippen LogP contribution in [0.25, 0.3) is 0 Å². The zero-order valence-electron chi connectivity index (χ0n) is 14.2. The van der Waals surface area contributed by atoms with Crippen LogP contribution in [-0.4, -0.2) is 46.8 Å². The molecule has 0 aliphatic carbocycles. The smallest absolute Gasteiger partial charge is 0.381 e. The van der Waals surface area contributed by atoms with Crippen LogP contribution in [0.5, 0.6) is 0 Å². The van der Waals surface area contributed by atoms with E-state index in [1.165, 1.54) is 16.9 Å². The van der Waals surface area contributed by atoms with Crippen molar-refractivity contribution in [2.24, 2.45) is 11.1 Å². The van der Waals surface area contributed by atoms with Crippen molar-refractivity contribution in [3.63, 3.8) is 0 Å². The normalized spacial score (nSPS) is 17.0. The first-order chi connectivity index (χ1) is 12.1. The Morgan fingerprint density at radius 2 is 1.74 bits per heavy atom. The number of sulfonamides is 1. The fourth-order valence-electron chi connectivity index (χ4n) is 2.53. The number of ether oxygens (including phenoxy) is 1. The molecule has 0 unspecified atom stereocenters. The molecule has 27 heavy (non-hydrogen) atoms. The van der Waals surface area contributed by atoms with E-state index in [0.717, 1.165) is 12.1 Å². The molecule has 1 amide bonds. The van der Waals surface area contributed by atoms with Crippen molar-refractivity contribution in [1.82, 2.24) is 4.72 Å². The molecule has 1 aliphatic rings. The third kappa shape index (κ3) is 6.32. The van der Waals surface area contributed by atoms with Crippen LogP contribution >= 0.6 is 12.4 Å². The summed E-state index contributed by atoms with van der Waals surface area (Å²) in [5.41, 5.74) is 5.32. The van der Waals surface area contributed by atoms with Gasteiger partial charge in [0.2, 0.25) is 15.9 Å². The molecule has 0 atom stereocenters. The van der Waals surface area contributed by atoms with Gasteiger partial charge in [-0.15, -0.1) is 12.4 Å². The Balaban J connectivity index is 0.00000364. The maximum atomic E-state index is 12.5. The number of carbonyl (C=O) groups is 1. The Bertz CT molecular complexity index is 736. The Morgan fingerprint density at radius 1 is 1.19 bits per heavy atom. The third-order valence-corrected chi connectivity index (χ3v) is 5.62. The van der Waals surface area contributed by atoms with E-state index in [0.29, 0.717) is 31.7 Å². The molecule has 0 bridgehead atoms. The molecule has 1 heterocycles. The van der Waals surface area contributed by atoms with Gasteiger partial charge in [-0.05, 0) is 37.1 Å². The number of nitrogens with two attached hydrogens (primary N) is 1. The lowest BCUT2D eigenvalue weighted by Gasteiger charge is -2.34. The predicted octanol–water partition coefficient (Wildman–Crippen LogP) is 1.64. The van der Waals surface area contributed by atoms with Crippen molar-refractivity contribution >= 4 is 34.0 Å². The molecule has 0 aromatic heterocycles. The van der Waals surface area contributed by atoms with E-state index in [9.17, 15) is 26.4 Å². The first-order valence-corrected chi connectivity index (χ1v) is 9.32. The third-order valence-electron chi connectivity index (χ3n) is 4.21. The van der Waals surface area contributed by atoms with E-state index < -0.39 is 28.2 Å². The van der Waals surface area contributed by atoms with Gasteiger partial charge in [-0.1, -0.05) is 0 Å². The van der Waals surface area contributed by atoms with Gasteiger partial charge in [-0.25, -0.2) is 13.1 Å². The van der Waals surface area contributed by atoms with Crippen LogP contribution in [-0.2, 0) is 19.6 Å². The number of nitrogens with one attached hydrogen (secondary N) is 2. The number of anilines is 1. The summed E-state index contributed by atoms with van der Waals surface area (Å²) in [5, 5.41) is 2.67. The number of rotatable bonds is 6. The number of halogens is 4. The second kappa shape index (κ2) is 9.20. The molecule has 1 aromatic rings. The molecule has 12 heteroatoms. The van der Waals surface area contributed by atoms with E-state index in [1.54, 1.807) is 0 Å². The first kappa shape index (κ1) is 23.6. The summed E-state index contributed by atoms with van der Waals surface area (Å²) in [7, 11) is -4.30. The van der Waals surface area contributed by atoms with Gasteiger partial charge in [0.05, 0.1) is 10.3 Å². The van der Waals surface area contributed by atoms with Gasteiger partial charge < -0.3 is 15.8 Å². The fraction of sp³-hybridized carbons (Fsp3) is 0.533. The van der Waals surface area contributed by atoms with E-state index in [2.05, 4.69) is 5.32 Å². The van der Waals surface area contributed by atoms with E-state index >= 15 is 0 Å². The van der Waals surface area contributed by atoms with Crippen LogP contribution in [0.15, 0.2) is 29.2 Å². The molecule has 0 spiro atoms. The molecular formula is C15H21ClF3N3O4S. The molecule has 1 fully saturated rings. The predicted molar refractivity (Wildman–Crippen MR) is 95.1 cm³/mol. The Morgan fingerprint density at radius 3 is 2.22 bits per heavy atom. The van der Waals surface area contributed by atoms with Crippen molar-refractivity contribution < 1.29 is 31.1 Å². The van der Waals surface area contributed by atoms with Crippen molar-refractivity contribution in [2.45, 2.75) is 23.9 Å². The quantitative estimate of drug-likeness (QED) is 0.634. The molecule has 1 aromatic carbocycles. The molecule has 1 saturated heterocycles. The van der Waals surface area contributed by atoms with Crippen LogP contribution in [0.4, 0.5) is 18.9 Å². The average Bonchev–Trinajstić information content (AvgIpc) is 2.60. The number of alkyl halides is 3. The lowest BCUT2D eigenvalue weighted by Crippen LogP contribution is -2.46. The molecule has 4 N–H and O–H groups in total. The summed E-state index contributed by atoms with van der Waals surface area (Å²) < 4.78 is 66.9. The lowest BCUT2D eigenvalue weighted by atomic mass is 9.79. The summed E-state index contributed by atoms with van der Waals surface area (Å²) in [5.74, 6) is -0.297. The maximum absolute atomic E-state index is 12.5. The topological polar surface area (TPSA) is 111 Å². The monoisotopic (exact) mass is 431 g/mol. The highest BCUT2D eigenvalue weighted by Crippen LogP contribution is 2.31. The summed E-state index contributed by atoms with van der Waals surface area (Å²) in [4.78, 5) is 12.2. The second-order valence-electron chi connectivity index (χ2n) is 6.02. The number of hydrogen-bond donors (Lipinski definition) is 3. The first-order valence-electron chi connectivity index (χ1n) is 7.84. The zero-order valence-corrected chi connectivity index (χ0v) is 15.8. The number of hydrogen-bond acceptors (Lipinski definition) is 5. The van der Waals surface area contributed by atoms with E-state index in [-0.39, 0.29) is 29.8 Å². The second-order valence-corrected chi connectivity index (χ2v) is 7.78. The van der Waals surface area contributed by atoms with Gasteiger partial charge in [0.1, 0.15) is 6.54 Å². The Hall–Kier alpha value is -1.40. The zero-order chi connectivity index (χ0) is 19.4. The van der Waals surface area contributed by atoms with Crippen LogP contribution in [0.1, 0.15) is 12.8 Å². The molecule has 7 nitrogen and oxygen atoms in total. The fourth-order valence-corrected chi connectivity index (χ4v) is 3.54. The highest BCUT2D eigenvalue weighted by Gasteiger charge is 2.38. The molecule has 154 valence electrons. The molecule has 0 radical (unpaired) electrons. The molecule has 1 aliphatic heterocycles. The highest BCUT2D eigenvalue weighted by molar-refractivity contribution is 7.89. The average molecular weight is 432 g/mol. The van der Waals surface area contributed by atoms with Gasteiger partial charge in [0, 0.05) is 25.4 Å². The number of amides is 1. The molecular weight excluding hydrogens is 411 g/mol. The van der Waals surface area contributed by atoms with Gasteiger partial charge in [-0.3, -0.25) is 4.79 Å². The van der Waals surface area contributed by atoms with Crippen molar-refractivity contribution in [2.75, 3.05) is 31.6 Å². The summed E-state index contributed by atoms with van der Waals surface area (Å²) >= 11 is 0. The van der Waals surface area contributed by atoms with E-state index in [4.69, 9.17) is 10.5 Å². The van der Waals surface area contributed by atoms with Crippen LogP contribution in [0, 0.1) is 5.41 Å². The lowest BCUT2D eigenvalue weighted by molar-refractivity contribution is -0.130. The maximum Gasteiger partial charge on any atom is 0.402 e. The van der Waals surface area contributed by atoms with Crippen molar-refractivity contribution in [1.29, 1.82) is 0 Å². The standard InChI is InChI=1S/C15H20F3N3O4S.ClH/c16-15(17,18)10-20-26(23,24)12-3-1-11(2-4-12)21-13(22)14(9-19)5-7-25-8-6-14;/h1-4,20H,5-10,19H2,(H,21,22);1H. The Labute approximate surface area is 161 Å². The molecule has 2 rings (SSSR count). The van der Waals surface area contributed by atoms with Crippen molar-refractivity contribution in [3.8, 4) is 0 Å². The van der Waals surface area contributed by atoms with Gasteiger partial charge >= 0.3 is 6.18 Å². The highest BCUT2D eigenvalue weighted by atomic mass is 35.5. The number of benzene rings is 1. The minimum atomic E-state index is -4.65.